The third kappa shape index (κ3) is 3.11. The molecule has 0 bridgehead atoms. The molecule has 0 spiro atoms. The van der Waals surface area contributed by atoms with Gasteiger partial charge in [-0.2, -0.15) is 0 Å². The van der Waals surface area contributed by atoms with Gasteiger partial charge in [0.05, 0.1) is 18.4 Å². The minimum Gasteiger partial charge on any atom is -0.495 e. The van der Waals surface area contributed by atoms with E-state index >= 15 is 0 Å². The number of aryl methyl sites for hydroxylation is 1. The molecule has 0 radical (unpaired) electrons. The zero-order valence-electron chi connectivity index (χ0n) is 14.8. The van der Waals surface area contributed by atoms with E-state index in [1.807, 2.05) is 43.3 Å². The SMILES string of the molecule is C=CCN1C(=O)C(Nc2ccccc2OC)=C(c2ccc(C)cc2)C1=O. The Morgan fingerprint density at radius 3 is 2.42 bits per heavy atom. The molecule has 5 heteroatoms. The van der Waals surface area contributed by atoms with Gasteiger partial charge in [-0.05, 0) is 24.6 Å². The minimum absolute atomic E-state index is 0.157. The highest BCUT2D eigenvalue weighted by molar-refractivity contribution is 6.36. The number of ether oxygens (including phenoxy) is 1. The van der Waals surface area contributed by atoms with Gasteiger partial charge < -0.3 is 10.1 Å². The Kier molecular flexibility index (Phi) is 4.89. The summed E-state index contributed by atoms with van der Waals surface area (Å²) in [5, 5.41) is 3.10. The topological polar surface area (TPSA) is 58.6 Å². The van der Waals surface area contributed by atoms with Gasteiger partial charge in [0.25, 0.3) is 11.8 Å². The van der Waals surface area contributed by atoms with Crippen molar-refractivity contribution >= 4 is 23.1 Å². The number of carbonyl (C=O) groups is 2. The number of nitrogens with one attached hydrogen (secondary N) is 1. The van der Waals surface area contributed by atoms with Crippen LogP contribution in [0.1, 0.15) is 11.1 Å². The highest BCUT2D eigenvalue weighted by atomic mass is 16.5. The Balaban J connectivity index is 2.10. The highest BCUT2D eigenvalue weighted by Gasteiger charge is 2.38. The van der Waals surface area contributed by atoms with Gasteiger partial charge in [-0.15, -0.1) is 6.58 Å². The first-order valence-corrected chi connectivity index (χ1v) is 8.25. The second-order valence-corrected chi connectivity index (χ2v) is 5.95. The van der Waals surface area contributed by atoms with E-state index in [1.165, 1.54) is 11.0 Å². The minimum atomic E-state index is -0.378. The van der Waals surface area contributed by atoms with Crippen molar-refractivity contribution < 1.29 is 14.3 Å². The first kappa shape index (κ1) is 17.5. The van der Waals surface area contributed by atoms with Gasteiger partial charge >= 0.3 is 0 Å². The maximum Gasteiger partial charge on any atom is 0.278 e. The van der Waals surface area contributed by atoms with Crippen LogP contribution in [0.15, 0.2) is 66.9 Å². The van der Waals surface area contributed by atoms with E-state index in [0.717, 1.165) is 5.56 Å². The lowest BCUT2D eigenvalue weighted by atomic mass is 10.0. The summed E-state index contributed by atoms with van der Waals surface area (Å²) >= 11 is 0. The van der Waals surface area contributed by atoms with Crippen LogP contribution >= 0.6 is 0 Å². The van der Waals surface area contributed by atoms with Crippen LogP contribution in [0.3, 0.4) is 0 Å². The summed E-state index contributed by atoms with van der Waals surface area (Å²) in [6.07, 6.45) is 1.54. The van der Waals surface area contributed by atoms with Crippen LogP contribution in [-0.4, -0.2) is 30.4 Å². The average molecular weight is 348 g/mol. The molecule has 0 fully saturated rings. The largest absolute Gasteiger partial charge is 0.495 e. The number of methoxy groups -OCH3 is 1. The lowest BCUT2D eigenvalue weighted by molar-refractivity contribution is -0.136. The molecule has 132 valence electrons. The molecule has 0 aliphatic carbocycles. The van der Waals surface area contributed by atoms with Crippen LogP contribution in [0.5, 0.6) is 5.75 Å². The molecule has 1 aliphatic rings. The van der Waals surface area contributed by atoms with Gasteiger partial charge in [0, 0.05) is 6.54 Å². The van der Waals surface area contributed by atoms with Crippen LogP contribution in [0, 0.1) is 6.92 Å². The number of anilines is 1. The number of amides is 2. The zero-order chi connectivity index (χ0) is 18.7. The van der Waals surface area contributed by atoms with Gasteiger partial charge in [-0.3, -0.25) is 14.5 Å². The van der Waals surface area contributed by atoms with Crippen molar-refractivity contribution in [1.82, 2.24) is 4.90 Å². The summed E-state index contributed by atoms with van der Waals surface area (Å²) in [4.78, 5) is 26.9. The fraction of sp³-hybridized carbons (Fsp3) is 0.143. The van der Waals surface area contributed by atoms with E-state index in [-0.39, 0.29) is 24.1 Å². The van der Waals surface area contributed by atoms with E-state index in [2.05, 4.69) is 11.9 Å². The van der Waals surface area contributed by atoms with Crippen molar-refractivity contribution in [1.29, 1.82) is 0 Å². The molecule has 2 amide bonds. The Bertz CT molecular complexity index is 898. The molecule has 1 N–H and O–H groups in total. The van der Waals surface area contributed by atoms with E-state index < -0.39 is 0 Å². The normalized spacial score (nSPS) is 14.0. The molecule has 0 aromatic heterocycles. The van der Waals surface area contributed by atoms with Gasteiger partial charge in [-0.1, -0.05) is 48.0 Å². The predicted octanol–water partition coefficient (Wildman–Crippen LogP) is 3.38. The summed E-state index contributed by atoms with van der Waals surface area (Å²) in [7, 11) is 1.56. The standard InChI is InChI=1S/C21H20N2O3/c1-4-13-23-20(24)18(15-11-9-14(2)10-12-15)19(21(23)25)22-16-7-5-6-8-17(16)26-3/h4-12,22H,1,13H2,2-3H3. The fourth-order valence-corrected chi connectivity index (χ4v) is 2.86. The molecule has 5 nitrogen and oxygen atoms in total. The third-order valence-corrected chi connectivity index (χ3v) is 4.19. The highest BCUT2D eigenvalue weighted by Crippen LogP contribution is 2.33. The number of rotatable bonds is 6. The number of hydrogen-bond acceptors (Lipinski definition) is 4. The smallest absolute Gasteiger partial charge is 0.278 e. The summed E-state index contributed by atoms with van der Waals surface area (Å²) in [5.74, 6) is -0.127. The molecule has 0 unspecified atom stereocenters. The Morgan fingerprint density at radius 1 is 1.08 bits per heavy atom. The molecule has 2 aromatic rings. The molecule has 3 rings (SSSR count). The van der Waals surface area contributed by atoms with Crippen molar-refractivity contribution in [3.63, 3.8) is 0 Å². The number of imide groups is 1. The van der Waals surface area contributed by atoms with E-state index in [1.54, 1.807) is 19.2 Å². The molecule has 2 aromatic carbocycles. The maximum atomic E-state index is 12.9. The van der Waals surface area contributed by atoms with Crippen LogP contribution in [0.2, 0.25) is 0 Å². The Labute approximate surface area is 152 Å². The second kappa shape index (κ2) is 7.27. The Hall–Kier alpha value is -3.34. The molecular formula is C21H20N2O3. The molecule has 1 aliphatic heterocycles. The van der Waals surface area contributed by atoms with Crippen molar-refractivity contribution in [3.8, 4) is 5.75 Å². The molecule has 1 heterocycles. The van der Waals surface area contributed by atoms with Gasteiger partial charge in [0.15, 0.2) is 0 Å². The average Bonchev–Trinajstić information content (AvgIpc) is 2.88. The molecular weight excluding hydrogens is 328 g/mol. The number of para-hydroxylation sites is 2. The zero-order valence-corrected chi connectivity index (χ0v) is 14.8. The van der Waals surface area contributed by atoms with E-state index in [0.29, 0.717) is 22.6 Å². The van der Waals surface area contributed by atoms with Crippen LogP contribution in [0.25, 0.3) is 5.57 Å². The Morgan fingerprint density at radius 2 is 1.77 bits per heavy atom. The summed E-state index contributed by atoms with van der Waals surface area (Å²) in [6, 6.07) is 14.8. The van der Waals surface area contributed by atoms with Gasteiger partial charge in [0.2, 0.25) is 0 Å². The fourth-order valence-electron chi connectivity index (χ4n) is 2.86. The quantitative estimate of drug-likeness (QED) is 0.642. The number of carbonyl (C=O) groups excluding carboxylic acids is 2. The van der Waals surface area contributed by atoms with Crippen molar-refractivity contribution in [2.75, 3.05) is 19.0 Å². The van der Waals surface area contributed by atoms with Crippen molar-refractivity contribution in [3.05, 3.63) is 78.0 Å². The van der Waals surface area contributed by atoms with Crippen molar-refractivity contribution in [2.24, 2.45) is 0 Å². The van der Waals surface area contributed by atoms with Crippen LogP contribution < -0.4 is 10.1 Å². The lowest BCUT2D eigenvalue weighted by Crippen LogP contribution is -2.32. The number of hydrogen-bond donors (Lipinski definition) is 1. The maximum absolute atomic E-state index is 12.9. The van der Waals surface area contributed by atoms with Gasteiger partial charge in [0.1, 0.15) is 11.4 Å². The first-order chi connectivity index (χ1) is 12.6. The summed E-state index contributed by atoms with van der Waals surface area (Å²) < 4.78 is 5.34. The summed E-state index contributed by atoms with van der Waals surface area (Å²) in [6.45, 7) is 5.76. The number of benzene rings is 2. The molecule has 0 saturated carbocycles. The van der Waals surface area contributed by atoms with Gasteiger partial charge in [-0.25, -0.2) is 0 Å². The molecule has 0 saturated heterocycles. The second-order valence-electron chi connectivity index (χ2n) is 5.95. The van der Waals surface area contributed by atoms with Crippen molar-refractivity contribution in [2.45, 2.75) is 6.92 Å². The monoisotopic (exact) mass is 348 g/mol. The lowest BCUT2D eigenvalue weighted by Gasteiger charge is -2.13. The van der Waals surface area contributed by atoms with Crippen LogP contribution in [0.4, 0.5) is 5.69 Å². The van der Waals surface area contributed by atoms with E-state index in [9.17, 15) is 9.59 Å². The predicted molar refractivity (Wildman–Crippen MR) is 102 cm³/mol. The third-order valence-electron chi connectivity index (χ3n) is 4.19. The molecule has 0 atom stereocenters. The summed E-state index contributed by atoms with van der Waals surface area (Å²) in [5.41, 5.74) is 2.98. The first-order valence-electron chi connectivity index (χ1n) is 8.25. The molecule has 26 heavy (non-hydrogen) atoms. The van der Waals surface area contributed by atoms with Crippen LogP contribution in [-0.2, 0) is 9.59 Å². The van der Waals surface area contributed by atoms with E-state index in [4.69, 9.17) is 4.74 Å². The number of nitrogens with zero attached hydrogens (tertiary/aromatic N) is 1.